The number of hydrogen-bond donors (Lipinski definition) is 0. The Morgan fingerprint density at radius 1 is 1.29 bits per heavy atom. The molecule has 0 aromatic heterocycles. The van der Waals surface area contributed by atoms with E-state index in [0.717, 1.165) is 12.0 Å². The molecule has 0 spiro atoms. The fourth-order valence-corrected chi connectivity index (χ4v) is 1.49. The van der Waals surface area contributed by atoms with E-state index in [2.05, 4.69) is 6.92 Å². The Morgan fingerprint density at radius 3 is 2.36 bits per heavy atom. The summed E-state index contributed by atoms with van der Waals surface area (Å²) in [5, 5.41) is 12.1. The summed E-state index contributed by atoms with van der Waals surface area (Å²) in [6.45, 7) is 4.63. The Kier molecular flexibility index (Phi) is 3.67. The van der Waals surface area contributed by atoms with Crippen LogP contribution in [0.3, 0.4) is 0 Å². The van der Waals surface area contributed by atoms with Crippen molar-refractivity contribution in [3.05, 3.63) is 41.1 Å². The summed E-state index contributed by atoms with van der Waals surface area (Å²) in [5.41, 5.74) is 1.12. The van der Waals surface area contributed by atoms with Gasteiger partial charge in [0.25, 0.3) is 0 Å². The van der Waals surface area contributed by atoms with Crippen LogP contribution in [0, 0.1) is 5.21 Å². The maximum absolute atomic E-state index is 12.1. The highest BCUT2D eigenvalue weighted by Gasteiger charge is 2.17. The average Bonchev–Trinajstić information content (AvgIpc) is 2.17. The van der Waals surface area contributed by atoms with Gasteiger partial charge in [-0.2, -0.15) is 0 Å². The molecule has 0 amide bonds. The van der Waals surface area contributed by atoms with Gasteiger partial charge in [0.15, 0.2) is 0 Å². The maximum atomic E-state index is 12.1. The molecule has 0 fully saturated rings. The summed E-state index contributed by atoms with van der Waals surface area (Å²) in [7, 11) is 1.75. The van der Waals surface area contributed by atoms with Crippen molar-refractivity contribution in [2.45, 2.75) is 32.9 Å². The highest BCUT2D eigenvalue weighted by molar-refractivity contribution is 5.13. The second-order valence-electron chi connectivity index (χ2n) is 4.08. The van der Waals surface area contributed by atoms with Crippen molar-refractivity contribution in [3.63, 3.8) is 0 Å². The van der Waals surface area contributed by atoms with Crippen molar-refractivity contribution in [2.75, 3.05) is 7.05 Å². The van der Waals surface area contributed by atoms with E-state index < -0.39 is 0 Å². The lowest BCUT2D eigenvalue weighted by Crippen LogP contribution is -2.44. The van der Waals surface area contributed by atoms with Gasteiger partial charge >= 0.3 is 0 Å². The van der Waals surface area contributed by atoms with E-state index in [9.17, 15) is 5.21 Å². The van der Waals surface area contributed by atoms with Crippen molar-refractivity contribution in [1.29, 1.82) is 0 Å². The minimum Gasteiger partial charge on any atom is -0.633 e. The minimum absolute atomic E-state index is 0.162. The fraction of sp³-hybridized carbons (Fsp3) is 0.500. The molecule has 0 aliphatic carbocycles. The van der Waals surface area contributed by atoms with E-state index in [1.807, 2.05) is 37.3 Å². The van der Waals surface area contributed by atoms with Crippen LogP contribution in [0.2, 0.25) is 0 Å². The third kappa shape index (κ3) is 2.82. The molecule has 0 saturated heterocycles. The van der Waals surface area contributed by atoms with E-state index in [-0.39, 0.29) is 10.7 Å². The summed E-state index contributed by atoms with van der Waals surface area (Å²) in [6, 6.07) is 10.1. The molecule has 78 valence electrons. The molecule has 0 bridgehead atoms. The quantitative estimate of drug-likeness (QED) is 0.532. The number of benzene rings is 1. The lowest BCUT2D eigenvalue weighted by molar-refractivity contribution is -0.897. The Labute approximate surface area is 86.3 Å². The normalized spacial score (nSPS) is 17.4. The van der Waals surface area contributed by atoms with Crippen LogP contribution in [-0.2, 0) is 6.54 Å². The summed E-state index contributed by atoms with van der Waals surface area (Å²) in [4.78, 5) is 0. The highest BCUT2D eigenvalue weighted by atomic mass is 16.5. The maximum Gasteiger partial charge on any atom is 0.104 e. The van der Waals surface area contributed by atoms with Crippen LogP contribution in [-0.4, -0.2) is 17.7 Å². The molecule has 2 nitrogen and oxygen atoms in total. The average molecular weight is 193 g/mol. The van der Waals surface area contributed by atoms with Crippen LogP contribution < -0.4 is 0 Å². The van der Waals surface area contributed by atoms with Gasteiger partial charge in [-0.05, 0) is 13.3 Å². The predicted molar refractivity (Wildman–Crippen MR) is 59.5 cm³/mol. The van der Waals surface area contributed by atoms with Crippen LogP contribution >= 0.6 is 0 Å². The molecule has 1 rings (SSSR count). The second kappa shape index (κ2) is 4.58. The first-order valence-corrected chi connectivity index (χ1v) is 5.16. The van der Waals surface area contributed by atoms with Crippen molar-refractivity contribution in [2.24, 2.45) is 0 Å². The van der Waals surface area contributed by atoms with Gasteiger partial charge in [-0.15, -0.1) is 0 Å². The molecule has 1 aromatic carbocycles. The molecular formula is C12H19NO. The minimum atomic E-state index is -0.180. The Morgan fingerprint density at radius 2 is 1.86 bits per heavy atom. The standard InChI is InChI=1S/C12H19NO/c1-4-11(2)13(3,14)10-12-8-6-5-7-9-12/h5-9,11H,4,10H2,1-3H3. The predicted octanol–water partition coefficient (Wildman–Crippen LogP) is 2.93. The molecule has 0 aliphatic heterocycles. The number of hydroxylamine groups is 3. The molecule has 0 N–H and O–H groups in total. The molecule has 0 aliphatic rings. The van der Waals surface area contributed by atoms with Gasteiger partial charge in [0.05, 0.1) is 13.1 Å². The van der Waals surface area contributed by atoms with Crippen LogP contribution in [0.5, 0.6) is 0 Å². The number of rotatable bonds is 4. The molecule has 14 heavy (non-hydrogen) atoms. The van der Waals surface area contributed by atoms with E-state index in [4.69, 9.17) is 0 Å². The first kappa shape index (κ1) is 11.2. The third-order valence-corrected chi connectivity index (χ3v) is 2.86. The van der Waals surface area contributed by atoms with Gasteiger partial charge in [0.1, 0.15) is 6.54 Å². The second-order valence-corrected chi connectivity index (χ2v) is 4.08. The largest absolute Gasteiger partial charge is 0.633 e. The zero-order chi connectivity index (χ0) is 10.6. The Balaban J connectivity index is 2.68. The summed E-state index contributed by atoms with van der Waals surface area (Å²) < 4.78 is -0.180. The molecule has 2 unspecified atom stereocenters. The first-order chi connectivity index (χ1) is 6.56. The number of nitrogens with zero attached hydrogens (tertiary/aromatic N) is 1. The molecule has 1 aromatic rings. The lowest BCUT2D eigenvalue weighted by atomic mass is 10.1. The third-order valence-electron chi connectivity index (χ3n) is 2.86. The zero-order valence-electron chi connectivity index (χ0n) is 9.23. The summed E-state index contributed by atoms with van der Waals surface area (Å²) in [6.07, 6.45) is 0.923. The molecule has 2 atom stereocenters. The molecule has 0 heterocycles. The van der Waals surface area contributed by atoms with Crippen LogP contribution in [0.1, 0.15) is 25.8 Å². The summed E-state index contributed by atoms with van der Waals surface area (Å²) >= 11 is 0. The van der Waals surface area contributed by atoms with Gasteiger partial charge < -0.3 is 9.85 Å². The molecule has 0 saturated carbocycles. The van der Waals surface area contributed by atoms with E-state index in [1.54, 1.807) is 7.05 Å². The van der Waals surface area contributed by atoms with E-state index in [1.165, 1.54) is 0 Å². The monoisotopic (exact) mass is 193 g/mol. The van der Waals surface area contributed by atoms with E-state index >= 15 is 0 Å². The SMILES string of the molecule is CCC(C)[N+](C)([O-])Cc1ccccc1. The zero-order valence-corrected chi connectivity index (χ0v) is 9.23. The van der Waals surface area contributed by atoms with Crippen LogP contribution in [0.4, 0.5) is 0 Å². The van der Waals surface area contributed by atoms with Gasteiger partial charge in [-0.1, -0.05) is 37.3 Å². The Bertz CT molecular complexity index is 269. The lowest BCUT2D eigenvalue weighted by Gasteiger charge is -2.44. The number of quaternary nitrogens is 1. The smallest absolute Gasteiger partial charge is 0.104 e. The van der Waals surface area contributed by atoms with Gasteiger partial charge in [-0.25, -0.2) is 0 Å². The van der Waals surface area contributed by atoms with Crippen molar-refractivity contribution < 1.29 is 4.65 Å². The van der Waals surface area contributed by atoms with Crippen LogP contribution in [0.15, 0.2) is 30.3 Å². The number of hydrogen-bond acceptors (Lipinski definition) is 1. The van der Waals surface area contributed by atoms with E-state index in [0.29, 0.717) is 6.54 Å². The molecule has 0 radical (unpaired) electrons. The Hall–Kier alpha value is -0.860. The highest BCUT2D eigenvalue weighted by Crippen LogP contribution is 2.16. The fourth-order valence-electron chi connectivity index (χ4n) is 1.49. The van der Waals surface area contributed by atoms with Gasteiger partial charge in [-0.3, -0.25) is 0 Å². The van der Waals surface area contributed by atoms with Crippen LogP contribution in [0.25, 0.3) is 0 Å². The van der Waals surface area contributed by atoms with Gasteiger partial charge in [0, 0.05) is 5.56 Å². The van der Waals surface area contributed by atoms with Gasteiger partial charge in [0.2, 0.25) is 0 Å². The molecule has 2 heteroatoms. The summed E-state index contributed by atoms with van der Waals surface area (Å²) in [5.74, 6) is 0. The molecular weight excluding hydrogens is 174 g/mol. The van der Waals surface area contributed by atoms with Crippen molar-refractivity contribution in [3.8, 4) is 0 Å². The van der Waals surface area contributed by atoms with Crippen molar-refractivity contribution in [1.82, 2.24) is 0 Å². The topological polar surface area (TPSA) is 23.1 Å². The first-order valence-electron chi connectivity index (χ1n) is 5.16. The van der Waals surface area contributed by atoms with Crippen molar-refractivity contribution >= 4 is 0 Å².